The number of carbonyl (C=O) groups excluding carboxylic acids is 1. The molecule has 2 aliphatic heterocycles. The first kappa shape index (κ1) is 17.1. The monoisotopic (exact) mass is 376 g/mol. The van der Waals surface area contributed by atoms with Crippen molar-refractivity contribution in [3.63, 3.8) is 0 Å². The average molecular weight is 376 g/mol. The summed E-state index contributed by atoms with van der Waals surface area (Å²) in [5, 5.41) is 7.63. The van der Waals surface area contributed by atoms with Crippen LogP contribution in [0.15, 0.2) is 24.7 Å². The van der Waals surface area contributed by atoms with Gasteiger partial charge in [-0.05, 0) is 19.1 Å². The number of fused-ring (bicyclic) bond motifs is 1. The molecule has 0 radical (unpaired) electrons. The van der Waals surface area contributed by atoms with Crippen LogP contribution < -0.4 is 0 Å². The number of rotatable bonds is 3. The lowest BCUT2D eigenvalue weighted by Gasteiger charge is -2.43. The van der Waals surface area contributed by atoms with Gasteiger partial charge < -0.3 is 9.88 Å². The summed E-state index contributed by atoms with van der Waals surface area (Å²) in [6.45, 7) is 3.56. The van der Waals surface area contributed by atoms with Crippen molar-refractivity contribution in [2.24, 2.45) is 0 Å². The Morgan fingerprint density at radius 2 is 2.12 bits per heavy atom. The van der Waals surface area contributed by atoms with Crippen LogP contribution in [0.5, 0.6) is 0 Å². The highest BCUT2D eigenvalue weighted by molar-refractivity contribution is 7.91. The van der Waals surface area contributed by atoms with E-state index < -0.39 is 9.84 Å². The van der Waals surface area contributed by atoms with E-state index in [4.69, 9.17) is 0 Å². The molecule has 2 aromatic heterocycles. The predicted molar refractivity (Wildman–Crippen MR) is 93.0 cm³/mol. The van der Waals surface area contributed by atoms with E-state index in [0.29, 0.717) is 19.6 Å². The second kappa shape index (κ2) is 6.44. The summed E-state index contributed by atoms with van der Waals surface area (Å²) in [6.07, 6.45) is 3.14. The number of hydrogen-bond acceptors (Lipinski definition) is 7. The molecule has 0 saturated carbocycles. The first-order chi connectivity index (χ1) is 12.4. The maximum Gasteiger partial charge on any atom is 0.274 e. The number of carbonyl (C=O) groups is 1. The number of piperazine rings is 1. The van der Waals surface area contributed by atoms with Crippen molar-refractivity contribution in [1.29, 1.82) is 0 Å². The van der Waals surface area contributed by atoms with Gasteiger partial charge in [0, 0.05) is 37.6 Å². The molecule has 9 nitrogen and oxygen atoms in total. The van der Waals surface area contributed by atoms with Crippen molar-refractivity contribution in [1.82, 2.24) is 30.0 Å². The van der Waals surface area contributed by atoms with Crippen LogP contribution in [-0.4, -0.2) is 81.0 Å². The first-order valence-corrected chi connectivity index (χ1v) is 10.3. The van der Waals surface area contributed by atoms with E-state index in [-0.39, 0.29) is 35.2 Å². The number of imidazole rings is 1. The van der Waals surface area contributed by atoms with Gasteiger partial charge in [0.15, 0.2) is 15.5 Å². The van der Waals surface area contributed by atoms with Gasteiger partial charge in [0.05, 0.1) is 29.6 Å². The van der Waals surface area contributed by atoms with Gasteiger partial charge in [0.1, 0.15) is 0 Å². The van der Waals surface area contributed by atoms with E-state index in [0.717, 1.165) is 11.4 Å². The fraction of sp³-hybridized carbons (Fsp3) is 0.500. The van der Waals surface area contributed by atoms with Crippen molar-refractivity contribution in [3.05, 3.63) is 41.7 Å². The Bertz CT molecular complexity index is 913. The molecule has 2 aliphatic rings. The number of aromatic amines is 1. The molecular formula is C16H20N6O3S. The highest BCUT2D eigenvalue weighted by Gasteiger charge is 2.48. The lowest BCUT2D eigenvalue weighted by molar-refractivity contribution is 0.0296. The molecular weight excluding hydrogens is 356 g/mol. The van der Waals surface area contributed by atoms with Gasteiger partial charge in [-0.1, -0.05) is 0 Å². The normalized spacial score (nSPS) is 25.2. The summed E-state index contributed by atoms with van der Waals surface area (Å²) in [5.74, 6) is -0.216. The predicted octanol–water partition coefficient (Wildman–Crippen LogP) is -0.368. The molecule has 0 aromatic carbocycles. The Hall–Kier alpha value is -2.33. The summed E-state index contributed by atoms with van der Waals surface area (Å²) in [6, 6.07) is 2.65. The Morgan fingerprint density at radius 3 is 2.81 bits per heavy atom. The minimum atomic E-state index is -3.20. The topological polar surface area (TPSA) is 112 Å². The highest BCUT2D eigenvalue weighted by atomic mass is 32.2. The van der Waals surface area contributed by atoms with Crippen LogP contribution >= 0.6 is 0 Å². The SMILES string of the molecule is Cc1[nH]cnc1CN1CCN(C(=O)c2cccnn2)[C@@H]2CS(=O)(=O)C[C@@H]21. The Morgan fingerprint density at radius 1 is 1.31 bits per heavy atom. The quantitative estimate of drug-likeness (QED) is 0.778. The molecule has 2 atom stereocenters. The second-order valence-corrected chi connectivity index (χ2v) is 8.92. The van der Waals surface area contributed by atoms with Crippen molar-refractivity contribution in [2.75, 3.05) is 24.6 Å². The molecule has 0 unspecified atom stereocenters. The third kappa shape index (κ3) is 3.10. The van der Waals surface area contributed by atoms with Crippen LogP contribution in [-0.2, 0) is 16.4 Å². The molecule has 10 heteroatoms. The zero-order chi connectivity index (χ0) is 18.3. The van der Waals surface area contributed by atoms with E-state index in [2.05, 4.69) is 25.1 Å². The molecule has 2 fully saturated rings. The number of nitrogens with zero attached hydrogens (tertiary/aromatic N) is 5. The van der Waals surface area contributed by atoms with Crippen molar-refractivity contribution >= 4 is 15.7 Å². The van der Waals surface area contributed by atoms with Crippen LogP contribution in [0.25, 0.3) is 0 Å². The summed E-state index contributed by atoms with van der Waals surface area (Å²) in [7, 11) is -3.20. The van der Waals surface area contributed by atoms with Gasteiger partial charge >= 0.3 is 0 Å². The fourth-order valence-electron chi connectivity index (χ4n) is 3.77. The molecule has 1 N–H and O–H groups in total. The molecule has 138 valence electrons. The van der Waals surface area contributed by atoms with Crippen LogP contribution in [0.3, 0.4) is 0 Å². The van der Waals surface area contributed by atoms with Crippen LogP contribution in [0.2, 0.25) is 0 Å². The third-order valence-electron chi connectivity index (χ3n) is 5.13. The standard InChI is InChI=1S/C16H20N6O3S/c1-11-13(18-10-17-11)7-21-5-6-22(15-9-26(24,25)8-14(15)21)16(23)12-3-2-4-19-20-12/h2-4,10,14-15H,5-9H2,1H3,(H,17,18)/t14-,15+/m0/s1. The Kier molecular flexibility index (Phi) is 4.23. The number of aromatic nitrogens is 4. The van der Waals surface area contributed by atoms with Crippen LogP contribution in [0, 0.1) is 6.92 Å². The number of hydrogen-bond donors (Lipinski definition) is 1. The molecule has 1 amide bonds. The smallest absolute Gasteiger partial charge is 0.274 e. The lowest BCUT2D eigenvalue weighted by Crippen LogP contribution is -2.60. The van der Waals surface area contributed by atoms with E-state index in [1.165, 1.54) is 6.20 Å². The van der Waals surface area contributed by atoms with Crippen molar-refractivity contribution in [2.45, 2.75) is 25.6 Å². The molecule has 4 rings (SSSR count). The van der Waals surface area contributed by atoms with E-state index in [9.17, 15) is 13.2 Å². The van der Waals surface area contributed by atoms with Gasteiger partial charge in [-0.2, -0.15) is 5.10 Å². The maximum atomic E-state index is 12.8. The fourth-order valence-corrected chi connectivity index (χ4v) is 5.79. The van der Waals surface area contributed by atoms with E-state index in [1.807, 2.05) is 6.92 Å². The summed E-state index contributed by atoms with van der Waals surface area (Å²) in [5.41, 5.74) is 2.12. The average Bonchev–Trinajstić information content (AvgIpc) is 3.17. The molecule has 26 heavy (non-hydrogen) atoms. The Balaban J connectivity index is 1.60. The minimum absolute atomic E-state index is 0.0142. The molecule has 0 spiro atoms. The first-order valence-electron chi connectivity index (χ1n) is 8.46. The van der Waals surface area contributed by atoms with Gasteiger partial charge in [0.25, 0.3) is 5.91 Å². The number of H-pyrrole nitrogens is 1. The summed E-state index contributed by atoms with van der Waals surface area (Å²) >= 11 is 0. The van der Waals surface area contributed by atoms with Crippen LogP contribution in [0.1, 0.15) is 21.9 Å². The van der Waals surface area contributed by atoms with E-state index >= 15 is 0 Å². The largest absolute Gasteiger partial charge is 0.348 e. The van der Waals surface area contributed by atoms with E-state index in [1.54, 1.807) is 23.4 Å². The van der Waals surface area contributed by atoms with Gasteiger partial charge in [-0.15, -0.1) is 5.10 Å². The summed E-state index contributed by atoms with van der Waals surface area (Å²) in [4.78, 5) is 24.0. The number of nitrogens with one attached hydrogen (secondary N) is 1. The van der Waals surface area contributed by atoms with Gasteiger partial charge in [0.2, 0.25) is 0 Å². The summed E-state index contributed by atoms with van der Waals surface area (Å²) < 4.78 is 24.6. The van der Waals surface area contributed by atoms with Crippen molar-refractivity contribution < 1.29 is 13.2 Å². The number of amides is 1. The Labute approximate surface area is 151 Å². The van der Waals surface area contributed by atoms with Crippen molar-refractivity contribution in [3.8, 4) is 0 Å². The third-order valence-corrected chi connectivity index (χ3v) is 6.83. The number of sulfone groups is 1. The maximum absolute atomic E-state index is 12.8. The van der Waals surface area contributed by atoms with Gasteiger partial charge in [-0.25, -0.2) is 13.4 Å². The zero-order valence-electron chi connectivity index (χ0n) is 14.4. The highest BCUT2D eigenvalue weighted by Crippen LogP contribution is 2.29. The molecule has 2 saturated heterocycles. The number of aryl methyl sites for hydroxylation is 1. The zero-order valence-corrected chi connectivity index (χ0v) is 15.2. The molecule has 0 aliphatic carbocycles. The minimum Gasteiger partial charge on any atom is -0.348 e. The van der Waals surface area contributed by atoms with Gasteiger partial charge in [-0.3, -0.25) is 9.69 Å². The molecule has 4 heterocycles. The van der Waals surface area contributed by atoms with Crippen LogP contribution in [0.4, 0.5) is 0 Å². The molecule has 2 aromatic rings. The lowest BCUT2D eigenvalue weighted by atomic mass is 10.0. The second-order valence-electron chi connectivity index (χ2n) is 6.76. The molecule has 0 bridgehead atoms.